The lowest BCUT2D eigenvalue weighted by molar-refractivity contribution is -0.384. The van der Waals surface area contributed by atoms with Gasteiger partial charge in [-0.25, -0.2) is 0 Å². The molecule has 2 aliphatic rings. The van der Waals surface area contributed by atoms with E-state index in [9.17, 15) is 10.1 Å². The van der Waals surface area contributed by atoms with Gasteiger partial charge in [-0.05, 0) is 44.2 Å². The molecule has 144 valence electrons. The van der Waals surface area contributed by atoms with Gasteiger partial charge in [0.1, 0.15) is 5.75 Å². The minimum Gasteiger partial charge on any atom is -0.494 e. The van der Waals surface area contributed by atoms with Crippen LogP contribution in [0.4, 0.5) is 5.69 Å². The van der Waals surface area contributed by atoms with E-state index < -0.39 is 4.92 Å². The van der Waals surface area contributed by atoms with Gasteiger partial charge in [-0.2, -0.15) is 0 Å². The molecule has 1 aliphatic carbocycles. The number of rotatable bonds is 8. The summed E-state index contributed by atoms with van der Waals surface area (Å²) in [6.45, 7) is 3.88. The van der Waals surface area contributed by atoms with Crippen LogP contribution in [0, 0.1) is 10.1 Å². The van der Waals surface area contributed by atoms with Gasteiger partial charge in [-0.3, -0.25) is 10.1 Å². The Morgan fingerprint density at radius 1 is 1.00 bits per heavy atom. The molecule has 3 rings (SSSR count). The second-order valence-electron chi connectivity index (χ2n) is 7.39. The number of nitro groups is 1. The zero-order chi connectivity index (χ0) is 18.2. The molecule has 0 amide bonds. The van der Waals surface area contributed by atoms with Crippen LogP contribution in [0.5, 0.6) is 5.75 Å². The third-order valence-electron chi connectivity index (χ3n) is 5.41. The number of hydrogen-bond donors (Lipinski definition) is 0. The molecule has 1 aliphatic heterocycles. The van der Waals surface area contributed by atoms with E-state index in [1.54, 1.807) is 12.1 Å². The van der Waals surface area contributed by atoms with Gasteiger partial charge in [0.15, 0.2) is 0 Å². The second kappa shape index (κ2) is 9.88. The highest BCUT2D eigenvalue weighted by molar-refractivity contribution is 5.35. The average Bonchev–Trinajstić information content (AvgIpc) is 2.68. The molecule has 0 bridgehead atoms. The summed E-state index contributed by atoms with van der Waals surface area (Å²) in [6, 6.07) is 6.28. The lowest BCUT2D eigenvalue weighted by atomic mass is 9.97. The van der Waals surface area contributed by atoms with E-state index in [2.05, 4.69) is 4.90 Å². The van der Waals surface area contributed by atoms with Crippen LogP contribution in [0.25, 0.3) is 0 Å². The fourth-order valence-corrected chi connectivity index (χ4v) is 3.88. The number of benzene rings is 1. The van der Waals surface area contributed by atoms with Gasteiger partial charge in [0.05, 0.1) is 23.7 Å². The number of ether oxygens (including phenoxy) is 2. The summed E-state index contributed by atoms with van der Waals surface area (Å²) < 4.78 is 12.0. The molecule has 1 saturated heterocycles. The van der Waals surface area contributed by atoms with Crippen LogP contribution in [0.2, 0.25) is 0 Å². The Morgan fingerprint density at radius 2 is 1.65 bits per heavy atom. The maximum absolute atomic E-state index is 10.6. The minimum absolute atomic E-state index is 0.0932. The molecular weight excluding hydrogens is 332 g/mol. The summed E-state index contributed by atoms with van der Waals surface area (Å²) in [5, 5.41) is 10.6. The van der Waals surface area contributed by atoms with Crippen molar-refractivity contribution in [3.63, 3.8) is 0 Å². The molecule has 0 atom stereocenters. The van der Waals surface area contributed by atoms with Crippen molar-refractivity contribution in [2.75, 3.05) is 26.2 Å². The van der Waals surface area contributed by atoms with Gasteiger partial charge in [0, 0.05) is 31.8 Å². The maximum Gasteiger partial charge on any atom is 0.269 e. The Bertz CT molecular complexity index is 549. The number of non-ortho nitro benzene ring substituents is 1. The van der Waals surface area contributed by atoms with Crippen LogP contribution in [0.3, 0.4) is 0 Å². The number of hydrogen-bond acceptors (Lipinski definition) is 5. The first-order valence-corrected chi connectivity index (χ1v) is 9.96. The van der Waals surface area contributed by atoms with E-state index in [4.69, 9.17) is 9.47 Å². The summed E-state index contributed by atoms with van der Waals surface area (Å²) in [5.74, 6) is 0.690. The maximum atomic E-state index is 10.6. The topological polar surface area (TPSA) is 64.8 Å². The molecule has 6 heteroatoms. The Hall–Kier alpha value is -1.66. The van der Waals surface area contributed by atoms with Crippen molar-refractivity contribution in [3.8, 4) is 5.75 Å². The molecule has 6 nitrogen and oxygen atoms in total. The average molecular weight is 362 g/mol. The van der Waals surface area contributed by atoms with Gasteiger partial charge in [-0.1, -0.05) is 19.3 Å². The second-order valence-corrected chi connectivity index (χ2v) is 7.39. The molecule has 1 aromatic carbocycles. The number of piperidine rings is 1. The monoisotopic (exact) mass is 362 g/mol. The van der Waals surface area contributed by atoms with E-state index in [1.807, 2.05) is 0 Å². The number of likely N-dealkylation sites (tertiary alicyclic amines) is 1. The molecule has 0 spiro atoms. The summed E-state index contributed by atoms with van der Waals surface area (Å²) in [5.41, 5.74) is 0.0932. The van der Waals surface area contributed by atoms with Crippen molar-refractivity contribution < 1.29 is 14.4 Å². The SMILES string of the molecule is O=[N+]([O-])c1ccc(OCCCN2CCC(OC3CCCCC3)CC2)cc1. The highest BCUT2D eigenvalue weighted by Crippen LogP contribution is 2.24. The minimum atomic E-state index is -0.397. The van der Waals surface area contributed by atoms with E-state index >= 15 is 0 Å². The first-order valence-electron chi connectivity index (χ1n) is 9.96. The molecule has 0 radical (unpaired) electrons. The van der Waals surface area contributed by atoms with Crippen LogP contribution in [0.15, 0.2) is 24.3 Å². The number of nitrogens with zero attached hydrogens (tertiary/aromatic N) is 2. The zero-order valence-electron chi connectivity index (χ0n) is 15.5. The highest BCUT2D eigenvalue weighted by atomic mass is 16.6. The molecular formula is C20H30N2O4. The van der Waals surface area contributed by atoms with Crippen LogP contribution < -0.4 is 4.74 Å². The van der Waals surface area contributed by atoms with Crippen molar-refractivity contribution in [3.05, 3.63) is 34.4 Å². The third kappa shape index (κ3) is 5.95. The van der Waals surface area contributed by atoms with Gasteiger partial charge in [0.25, 0.3) is 5.69 Å². The highest BCUT2D eigenvalue weighted by Gasteiger charge is 2.23. The van der Waals surface area contributed by atoms with Crippen LogP contribution in [-0.4, -0.2) is 48.3 Å². The van der Waals surface area contributed by atoms with Crippen molar-refractivity contribution in [1.29, 1.82) is 0 Å². The molecule has 2 fully saturated rings. The van der Waals surface area contributed by atoms with Crippen LogP contribution in [0.1, 0.15) is 51.4 Å². The largest absolute Gasteiger partial charge is 0.494 e. The lowest BCUT2D eigenvalue weighted by Gasteiger charge is -2.34. The van der Waals surface area contributed by atoms with Gasteiger partial charge in [-0.15, -0.1) is 0 Å². The van der Waals surface area contributed by atoms with Gasteiger partial charge in [0.2, 0.25) is 0 Å². The Balaban J connectivity index is 1.27. The quantitative estimate of drug-likeness (QED) is 0.394. The van der Waals surface area contributed by atoms with Crippen molar-refractivity contribution >= 4 is 5.69 Å². The first kappa shape index (κ1) is 19.1. The molecule has 0 N–H and O–H groups in total. The van der Waals surface area contributed by atoms with Crippen LogP contribution >= 0.6 is 0 Å². The van der Waals surface area contributed by atoms with Gasteiger partial charge >= 0.3 is 0 Å². The fourth-order valence-electron chi connectivity index (χ4n) is 3.88. The lowest BCUT2D eigenvalue weighted by Crippen LogP contribution is -2.39. The Kier molecular flexibility index (Phi) is 7.26. The Morgan fingerprint density at radius 3 is 2.31 bits per heavy atom. The normalized spacial score (nSPS) is 20.2. The van der Waals surface area contributed by atoms with Crippen molar-refractivity contribution in [2.45, 2.75) is 63.6 Å². The molecule has 0 unspecified atom stereocenters. The zero-order valence-corrected chi connectivity index (χ0v) is 15.5. The first-order chi connectivity index (χ1) is 12.7. The fraction of sp³-hybridized carbons (Fsp3) is 0.700. The van der Waals surface area contributed by atoms with E-state index in [0.717, 1.165) is 38.9 Å². The molecule has 0 aromatic heterocycles. The summed E-state index contributed by atoms with van der Waals surface area (Å²) >= 11 is 0. The predicted octanol–water partition coefficient (Wildman–Crippen LogP) is 4.18. The summed E-state index contributed by atoms with van der Waals surface area (Å²) in [7, 11) is 0. The Labute approximate surface area is 155 Å². The van der Waals surface area contributed by atoms with E-state index in [1.165, 1.54) is 44.2 Å². The van der Waals surface area contributed by atoms with E-state index in [-0.39, 0.29) is 5.69 Å². The molecule has 1 heterocycles. The standard InChI is InChI=1S/C20H30N2O4/c23-22(24)17-7-9-18(10-8-17)25-16-4-13-21-14-11-20(12-15-21)26-19-5-2-1-3-6-19/h7-10,19-20H,1-6,11-16H2. The van der Waals surface area contributed by atoms with E-state index in [0.29, 0.717) is 24.6 Å². The summed E-state index contributed by atoms with van der Waals surface area (Å²) in [6.07, 6.45) is 10.7. The van der Waals surface area contributed by atoms with Crippen molar-refractivity contribution in [2.24, 2.45) is 0 Å². The van der Waals surface area contributed by atoms with Crippen molar-refractivity contribution in [1.82, 2.24) is 4.90 Å². The van der Waals surface area contributed by atoms with Crippen LogP contribution in [-0.2, 0) is 4.74 Å². The molecule has 26 heavy (non-hydrogen) atoms. The third-order valence-corrected chi connectivity index (χ3v) is 5.41. The molecule has 1 saturated carbocycles. The summed E-state index contributed by atoms with van der Waals surface area (Å²) in [4.78, 5) is 12.7. The predicted molar refractivity (Wildman–Crippen MR) is 101 cm³/mol. The van der Waals surface area contributed by atoms with Gasteiger partial charge < -0.3 is 14.4 Å². The number of nitro benzene ring substituents is 1. The smallest absolute Gasteiger partial charge is 0.269 e. The molecule has 1 aromatic rings.